The molecule has 7 heteroatoms. The fraction of sp³-hybridized carbons (Fsp3) is 0.120. The molecule has 0 atom stereocenters. The fourth-order valence-electron chi connectivity index (χ4n) is 3.08. The quantitative estimate of drug-likeness (QED) is 0.498. The van der Waals surface area contributed by atoms with E-state index in [1.165, 1.54) is 23.9 Å². The van der Waals surface area contributed by atoms with Crippen LogP contribution in [0, 0.1) is 12.7 Å². The third kappa shape index (κ3) is 5.36. The minimum absolute atomic E-state index is 0.202. The molecular formula is C25H21FN2O3S. The van der Waals surface area contributed by atoms with Gasteiger partial charge in [0.25, 0.3) is 5.91 Å². The van der Waals surface area contributed by atoms with Gasteiger partial charge in [0.05, 0.1) is 12.0 Å². The van der Waals surface area contributed by atoms with Crippen molar-refractivity contribution in [2.75, 3.05) is 7.11 Å². The van der Waals surface area contributed by atoms with Gasteiger partial charge in [-0.25, -0.2) is 9.38 Å². The zero-order valence-corrected chi connectivity index (χ0v) is 18.4. The first-order valence-corrected chi connectivity index (χ1v) is 10.7. The molecule has 1 heterocycles. The summed E-state index contributed by atoms with van der Waals surface area (Å²) in [6.07, 6.45) is 1.80. The number of aliphatic imine (C=N–C) groups is 1. The Kier molecular flexibility index (Phi) is 6.56. The highest BCUT2D eigenvalue weighted by atomic mass is 32.2. The molecule has 1 saturated heterocycles. The highest BCUT2D eigenvalue weighted by Crippen LogP contribution is 2.33. The predicted molar refractivity (Wildman–Crippen MR) is 126 cm³/mol. The van der Waals surface area contributed by atoms with E-state index in [2.05, 4.69) is 10.3 Å². The molecular weight excluding hydrogens is 427 g/mol. The van der Waals surface area contributed by atoms with Crippen LogP contribution in [0.25, 0.3) is 6.08 Å². The summed E-state index contributed by atoms with van der Waals surface area (Å²) in [5.74, 6) is 0.814. The first-order valence-electron chi connectivity index (χ1n) is 9.92. The molecule has 1 amide bonds. The standard InChI is InChI=1S/C25H21FN2O3S/c1-16-6-11-22(30-2)21(12-16)27-25-28-24(29)23(32-25)14-17-7-9-20(10-8-17)31-15-18-4-3-5-19(26)13-18/h3-14H,15H2,1-2H3,(H,27,28,29)/b23-14-. The molecule has 5 nitrogen and oxygen atoms in total. The van der Waals surface area contributed by atoms with Crippen molar-refractivity contribution in [3.8, 4) is 11.5 Å². The summed E-state index contributed by atoms with van der Waals surface area (Å²) in [5, 5.41) is 3.29. The van der Waals surface area contributed by atoms with Gasteiger partial charge < -0.3 is 14.8 Å². The Morgan fingerprint density at radius 2 is 1.91 bits per heavy atom. The van der Waals surface area contributed by atoms with Crippen LogP contribution in [0.1, 0.15) is 16.7 Å². The van der Waals surface area contributed by atoms with Crippen LogP contribution in [0.3, 0.4) is 0 Å². The van der Waals surface area contributed by atoms with Gasteiger partial charge >= 0.3 is 0 Å². The van der Waals surface area contributed by atoms with Gasteiger partial charge in [0.2, 0.25) is 0 Å². The number of amides is 1. The van der Waals surface area contributed by atoms with Gasteiger partial charge in [0.1, 0.15) is 29.6 Å². The van der Waals surface area contributed by atoms with E-state index in [0.29, 0.717) is 27.3 Å². The summed E-state index contributed by atoms with van der Waals surface area (Å²) in [4.78, 5) is 17.5. The van der Waals surface area contributed by atoms with Crippen molar-refractivity contribution in [1.29, 1.82) is 0 Å². The number of rotatable bonds is 6. The fourth-order valence-corrected chi connectivity index (χ4v) is 3.92. The second-order valence-corrected chi connectivity index (χ2v) is 8.18. The summed E-state index contributed by atoms with van der Waals surface area (Å²) in [7, 11) is 1.59. The molecule has 0 spiro atoms. The lowest BCUT2D eigenvalue weighted by atomic mass is 10.2. The molecule has 3 aromatic rings. The number of benzene rings is 3. The number of nitrogens with zero attached hydrogens (tertiary/aromatic N) is 1. The zero-order chi connectivity index (χ0) is 22.5. The van der Waals surface area contributed by atoms with Crippen LogP contribution in [0.5, 0.6) is 11.5 Å². The van der Waals surface area contributed by atoms with Gasteiger partial charge in [0.15, 0.2) is 5.17 Å². The topological polar surface area (TPSA) is 59.9 Å². The highest BCUT2D eigenvalue weighted by molar-refractivity contribution is 8.18. The minimum Gasteiger partial charge on any atom is -0.494 e. The number of hydrogen-bond donors (Lipinski definition) is 1. The van der Waals surface area contributed by atoms with E-state index in [1.54, 1.807) is 19.3 Å². The Morgan fingerprint density at radius 3 is 2.66 bits per heavy atom. The van der Waals surface area contributed by atoms with Crippen LogP contribution < -0.4 is 14.8 Å². The molecule has 0 aromatic heterocycles. The average molecular weight is 449 g/mol. The van der Waals surface area contributed by atoms with E-state index >= 15 is 0 Å². The first kappa shape index (κ1) is 21.6. The van der Waals surface area contributed by atoms with Crippen LogP contribution in [0.4, 0.5) is 10.1 Å². The van der Waals surface area contributed by atoms with Crippen molar-refractivity contribution in [3.63, 3.8) is 0 Å². The van der Waals surface area contributed by atoms with Crippen LogP contribution >= 0.6 is 11.8 Å². The van der Waals surface area contributed by atoms with Crippen LogP contribution in [0.15, 0.2) is 76.6 Å². The number of nitrogens with one attached hydrogen (secondary N) is 1. The van der Waals surface area contributed by atoms with E-state index in [0.717, 1.165) is 16.7 Å². The Hall–Kier alpha value is -3.58. The van der Waals surface area contributed by atoms with Gasteiger partial charge in [-0.15, -0.1) is 0 Å². The Balaban J connectivity index is 1.44. The summed E-state index contributed by atoms with van der Waals surface area (Å²) >= 11 is 1.27. The monoisotopic (exact) mass is 448 g/mol. The molecule has 32 heavy (non-hydrogen) atoms. The number of halogens is 1. The normalized spacial score (nSPS) is 15.8. The van der Waals surface area contributed by atoms with Crippen LogP contribution in [0.2, 0.25) is 0 Å². The van der Waals surface area contributed by atoms with E-state index < -0.39 is 0 Å². The maximum atomic E-state index is 13.3. The number of amidine groups is 1. The lowest BCUT2D eigenvalue weighted by Gasteiger charge is -2.06. The predicted octanol–water partition coefficient (Wildman–Crippen LogP) is 5.61. The minimum atomic E-state index is -0.288. The molecule has 0 saturated carbocycles. The number of ether oxygens (including phenoxy) is 2. The number of carbonyl (C=O) groups is 1. The Morgan fingerprint density at radius 1 is 1.09 bits per heavy atom. The van der Waals surface area contributed by atoms with Crippen molar-refractivity contribution in [1.82, 2.24) is 5.32 Å². The van der Waals surface area contributed by atoms with Gasteiger partial charge in [0, 0.05) is 0 Å². The number of methoxy groups -OCH3 is 1. The molecule has 1 fully saturated rings. The van der Waals surface area contributed by atoms with Crippen LogP contribution in [-0.2, 0) is 11.4 Å². The maximum Gasteiger partial charge on any atom is 0.264 e. The van der Waals surface area contributed by atoms with E-state index in [9.17, 15) is 9.18 Å². The molecule has 1 aliphatic heterocycles. The maximum absolute atomic E-state index is 13.3. The van der Waals surface area contributed by atoms with Crippen molar-refractivity contribution >= 4 is 34.6 Å². The molecule has 1 aliphatic rings. The summed E-state index contributed by atoms with van der Waals surface area (Å²) < 4.78 is 24.3. The van der Waals surface area contributed by atoms with Crippen LogP contribution in [-0.4, -0.2) is 18.2 Å². The zero-order valence-electron chi connectivity index (χ0n) is 17.6. The lowest BCUT2D eigenvalue weighted by Crippen LogP contribution is -2.19. The smallest absolute Gasteiger partial charge is 0.264 e. The van der Waals surface area contributed by atoms with Gasteiger partial charge in [-0.05, 0) is 77.9 Å². The molecule has 0 aliphatic carbocycles. The van der Waals surface area contributed by atoms with Crippen molar-refractivity contribution < 1.29 is 18.7 Å². The molecule has 162 valence electrons. The molecule has 4 rings (SSSR count). The molecule has 3 aromatic carbocycles. The summed E-state index contributed by atoms with van der Waals surface area (Å²) in [6.45, 7) is 2.25. The lowest BCUT2D eigenvalue weighted by molar-refractivity contribution is -0.115. The van der Waals surface area contributed by atoms with E-state index in [1.807, 2.05) is 55.5 Å². The molecule has 0 radical (unpaired) electrons. The number of aryl methyl sites for hydroxylation is 1. The number of thioether (sulfide) groups is 1. The summed E-state index contributed by atoms with van der Waals surface area (Å²) in [5.41, 5.74) is 3.33. The van der Waals surface area contributed by atoms with Gasteiger partial charge in [-0.2, -0.15) is 0 Å². The first-order chi connectivity index (χ1) is 15.5. The Labute approximate surface area is 190 Å². The molecule has 1 N–H and O–H groups in total. The average Bonchev–Trinajstić information content (AvgIpc) is 3.12. The highest BCUT2D eigenvalue weighted by Gasteiger charge is 2.24. The van der Waals surface area contributed by atoms with Gasteiger partial charge in [-0.1, -0.05) is 30.3 Å². The number of carbonyl (C=O) groups excluding carboxylic acids is 1. The van der Waals surface area contributed by atoms with Crippen molar-refractivity contribution in [2.45, 2.75) is 13.5 Å². The van der Waals surface area contributed by atoms with E-state index in [-0.39, 0.29) is 18.3 Å². The third-order valence-electron chi connectivity index (χ3n) is 4.68. The Bertz CT molecular complexity index is 1210. The SMILES string of the molecule is COc1ccc(C)cc1N=C1NC(=O)/C(=C/c2ccc(OCc3cccc(F)c3)cc2)S1. The number of hydrogen-bond acceptors (Lipinski definition) is 5. The third-order valence-corrected chi connectivity index (χ3v) is 5.59. The second kappa shape index (κ2) is 9.70. The molecule has 0 bridgehead atoms. The molecule has 0 unspecified atom stereocenters. The van der Waals surface area contributed by atoms with E-state index in [4.69, 9.17) is 9.47 Å². The van der Waals surface area contributed by atoms with Crippen molar-refractivity contribution in [2.24, 2.45) is 4.99 Å². The summed E-state index contributed by atoms with van der Waals surface area (Å²) in [6, 6.07) is 19.4. The second-order valence-electron chi connectivity index (χ2n) is 7.14. The van der Waals surface area contributed by atoms with Crippen molar-refractivity contribution in [3.05, 3.63) is 94.1 Å². The largest absolute Gasteiger partial charge is 0.494 e. The van der Waals surface area contributed by atoms with Gasteiger partial charge in [-0.3, -0.25) is 4.79 Å².